The minimum Gasteiger partial charge on any atom is -0.339 e. The Kier molecular flexibility index (Phi) is 3.00. The molecule has 0 spiro atoms. The number of hydrogen-bond donors (Lipinski definition) is 1. The number of nitrogens with zero attached hydrogens (tertiary/aromatic N) is 1. The van der Waals surface area contributed by atoms with Crippen LogP contribution in [0.4, 0.5) is 0 Å². The summed E-state index contributed by atoms with van der Waals surface area (Å²) in [5.74, 6) is 0. The molecule has 1 aromatic carbocycles. The second-order valence-corrected chi connectivity index (χ2v) is 3.51. The van der Waals surface area contributed by atoms with E-state index in [0.717, 1.165) is 20.5 Å². The summed E-state index contributed by atoms with van der Waals surface area (Å²) in [6, 6.07) is 10.7. The molecule has 2 rings (SSSR count). The summed E-state index contributed by atoms with van der Waals surface area (Å²) >= 11 is 0. The van der Waals surface area contributed by atoms with Gasteiger partial charge in [-0.15, -0.1) is 0 Å². The molecule has 13 heavy (non-hydrogen) atoms. The van der Waals surface area contributed by atoms with Crippen LogP contribution >= 0.6 is 0 Å². The molecule has 1 aliphatic rings. The molecule has 0 bridgehead atoms. The van der Waals surface area contributed by atoms with Gasteiger partial charge in [-0.05, 0) is 13.1 Å². The lowest BCUT2D eigenvalue weighted by Gasteiger charge is -2.26. The third kappa shape index (κ3) is 2.57. The molecule has 0 aliphatic carbocycles. The van der Waals surface area contributed by atoms with Crippen LogP contribution in [0.5, 0.6) is 0 Å². The van der Waals surface area contributed by atoms with E-state index < -0.39 is 0 Å². The van der Waals surface area contributed by atoms with Gasteiger partial charge in [-0.3, -0.25) is 0 Å². The topological polar surface area (TPSA) is 15.3 Å². The SMILES string of the molecule is B(c1ccccc1)N1CCNCC1. The Labute approximate surface area is 80.2 Å². The van der Waals surface area contributed by atoms with Crippen LogP contribution in [0.3, 0.4) is 0 Å². The fourth-order valence-electron chi connectivity index (χ4n) is 1.71. The monoisotopic (exact) mass is 174 g/mol. The van der Waals surface area contributed by atoms with Crippen LogP contribution in [0, 0.1) is 0 Å². The smallest absolute Gasteiger partial charge is 0.238 e. The summed E-state index contributed by atoms with van der Waals surface area (Å²) in [4.78, 5) is 2.49. The second-order valence-electron chi connectivity index (χ2n) is 3.51. The molecule has 0 aromatic heterocycles. The van der Waals surface area contributed by atoms with Gasteiger partial charge in [0, 0.05) is 13.1 Å². The van der Waals surface area contributed by atoms with Crippen molar-refractivity contribution in [1.82, 2.24) is 10.1 Å². The fraction of sp³-hybridized carbons (Fsp3) is 0.400. The van der Waals surface area contributed by atoms with E-state index in [4.69, 9.17) is 0 Å². The van der Waals surface area contributed by atoms with Crippen molar-refractivity contribution >= 4 is 12.9 Å². The van der Waals surface area contributed by atoms with E-state index >= 15 is 0 Å². The van der Waals surface area contributed by atoms with E-state index in [-0.39, 0.29) is 0 Å². The molecule has 1 aliphatic heterocycles. The zero-order valence-electron chi connectivity index (χ0n) is 7.87. The maximum Gasteiger partial charge on any atom is 0.238 e. The zero-order valence-corrected chi connectivity index (χ0v) is 7.87. The third-order valence-corrected chi connectivity index (χ3v) is 2.46. The van der Waals surface area contributed by atoms with Crippen LogP contribution in [-0.4, -0.2) is 38.4 Å². The Bertz CT molecular complexity index is 244. The summed E-state index contributed by atoms with van der Waals surface area (Å²) in [7, 11) is 1.10. The van der Waals surface area contributed by atoms with E-state index in [1.807, 2.05) is 0 Å². The van der Waals surface area contributed by atoms with Gasteiger partial charge in [-0.25, -0.2) is 0 Å². The molecular formula is C10H15BN2. The lowest BCUT2D eigenvalue weighted by atomic mass is 9.80. The van der Waals surface area contributed by atoms with Crippen molar-refractivity contribution in [3.8, 4) is 0 Å². The molecule has 1 fully saturated rings. The predicted octanol–water partition coefficient (Wildman–Crippen LogP) is -0.431. The molecular weight excluding hydrogens is 159 g/mol. The third-order valence-electron chi connectivity index (χ3n) is 2.46. The number of nitrogens with one attached hydrogen (secondary N) is 1. The highest BCUT2D eigenvalue weighted by Crippen LogP contribution is 1.90. The van der Waals surface area contributed by atoms with Gasteiger partial charge >= 0.3 is 0 Å². The van der Waals surface area contributed by atoms with Crippen molar-refractivity contribution in [1.29, 1.82) is 0 Å². The normalized spacial score (nSPS) is 18.5. The largest absolute Gasteiger partial charge is 0.339 e. The molecule has 1 aromatic rings. The predicted molar refractivity (Wildman–Crippen MR) is 57.7 cm³/mol. The first-order chi connectivity index (χ1) is 6.45. The van der Waals surface area contributed by atoms with E-state index in [2.05, 4.69) is 40.5 Å². The Morgan fingerprint density at radius 3 is 2.46 bits per heavy atom. The minimum atomic E-state index is 1.10. The van der Waals surface area contributed by atoms with Crippen molar-refractivity contribution in [2.24, 2.45) is 0 Å². The van der Waals surface area contributed by atoms with Gasteiger partial charge in [0.25, 0.3) is 0 Å². The lowest BCUT2D eigenvalue weighted by molar-refractivity contribution is 0.379. The van der Waals surface area contributed by atoms with E-state index in [1.165, 1.54) is 18.6 Å². The Hall–Kier alpha value is -0.795. The van der Waals surface area contributed by atoms with Crippen LogP contribution in [0.1, 0.15) is 0 Å². The van der Waals surface area contributed by atoms with E-state index in [0.29, 0.717) is 0 Å². The molecule has 2 nitrogen and oxygen atoms in total. The minimum absolute atomic E-state index is 1.10. The average molecular weight is 174 g/mol. The summed E-state index contributed by atoms with van der Waals surface area (Å²) in [6.45, 7) is 4.61. The highest BCUT2D eigenvalue weighted by Gasteiger charge is 2.10. The summed E-state index contributed by atoms with van der Waals surface area (Å²) < 4.78 is 0. The summed E-state index contributed by atoms with van der Waals surface area (Å²) in [5.41, 5.74) is 1.42. The van der Waals surface area contributed by atoms with Crippen LogP contribution in [0.2, 0.25) is 0 Å². The van der Waals surface area contributed by atoms with Gasteiger partial charge in [0.05, 0.1) is 0 Å². The number of hydrogen-bond acceptors (Lipinski definition) is 2. The average Bonchev–Trinajstić information content (AvgIpc) is 2.21. The molecule has 0 atom stereocenters. The van der Waals surface area contributed by atoms with Crippen LogP contribution in [-0.2, 0) is 0 Å². The van der Waals surface area contributed by atoms with Crippen LogP contribution < -0.4 is 10.8 Å². The lowest BCUT2D eigenvalue weighted by Crippen LogP contribution is -2.48. The molecule has 0 amide bonds. The molecule has 1 saturated heterocycles. The van der Waals surface area contributed by atoms with Gasteiger partial charge in [-0.2, -0.15) is 0 Å². The highest BCUT2D eigenvalue weighted by atomic mass is 15.1. The standard InChI is InChI=1S/C10H15BN2/c1-2-4-10(5-3-1)11-13-8-6-12-7-9-13/h1-5,11-12H,6-9H2. The Morgan fingerprint density at radius 2 is 1.77 bits per heavy atom. The molecule has 0 saturated carbocycles. The Balaban J connectivity index is 1.90. The molecule has 68 valence electrons. The van der Waals surface area contributed by atoms with Crippen molar-refractivity contribution in [3.05, 3.63) is 30.3 Å². The number of benzene rings is 1. The zero-order chi connectivity index (χ0) is 8.93. The quantitative estimate of drug-likeness (QED) is 0.612. The molecule has 0 radical (unpaired) electrons. The van der Waals surface area contributed by atoms with Gasteiger partial charge in [0.1, 0.15) is 0 Å². The maximum atomic E-state index is 3.36. The first kappa shape index (κ1) is 8.79. The fourth-order valence-corrected chi connectivity index (χ4v) is 1.71. The highest BCUT2D eigenvalue weighted by molar-refractivity contribution is 6.50. The molecule has 1 N–H and O–H groups in total. The van der Waals surface area contributed by atoms with Gasteiger partial charge in [0.2, 0.25) is 7.41 Å². The first-order valence-corrected chi connectivity index (χ1v) is 4.92. The second kappa shape index (κ2) is 4.44. The Morgan fingerprint density at radius 1 is 1.08 bits per heavy atom. The first-order valence-electron chi connectivity index (χ1n) is 4.92. The number of rotatable bonds is 2. The van der Waals surface area contributed by atoms with Crippen molar-refractivity contribution in [3.63, 3.8) is 0 Å². The van der Waals surface area contributed by atoms with Crippen molar-refractivity contribution in [2.75, 3.05) is 26.2 Å². The molecule has 1 heterocycles. The van der Waals surface area contributed by atoms with Gasteiger partial charge in [-0.1, -0.05) is 35.8 Å². The van der Waals surface area contributed by atoms with Crippen molar-refractivity contribution in [2.45, 2.75) is 0 Å². The number of piperazine rings is 1. The van der Waals surface area contributed by atoms with Crippen LogP contribution in [0.15, 0.2) is 30.3 Å². The van der Waals surface area contributed by atoms with E-state index in [9.17, 15) is 0 Å². The van der Waals surface area contributed by atoms with Crippen molar-refractivity contribution < 1.29 is 0 Å². The maximum absolute atomic E-state index is 3.36. The van der Waals surface area contributed by atoms with Gasteiger partial charge < -0.3 is 10.1 Å². The molecule has 3 heteroatoms. The van der Waals surface area contributed by atoms with E-state index in [1.54, 1.807) is 0 Å². The summed E-state index contributed by atoms with van der Waals surface area (Å²) in [5, 5.41) is 3.36. The van der Waals surface area contributed by atoms with Gasteiger partial charge in [0.15, 0.2) is 0 Å². The molecule has 0 unspecified atom stereocenters. The van der Waals surface area contributed by atoms with Crippen LogP contribution in [0.25, 0.3) is 0 Å². The summed E-state index contributed by atoms with van der Waals surface area (Å²) in [6.07, 6.45) is 0.